The van der Waals surface area contributed by atoms with E-state index in [1.54, 1.807) is 11.6 Å². The molecule has 4 N–H and O–H groups in total. The van der Waals surface area contributed by atoms with Crippen LogP contribution in [0.15, 0.2) is 20.3 Å². The summed E-state index contributed by atoms with van der Waals surface area (Å²) in [5.74, 6) is -0.0833. The predicted molar refractivity (Wildman–Crippen MR) is 105 cm³/mol. The van der Waals surface area contributed by atoms with Crippen molar-refractivity contribution in [3.8, 4) is 0 Å². The van der Waals surface area contributed by atoms with E-state index in [1.165, 1.54) is 57.5 Å². The zero-order chi connectivity index (χ0) is 18.4. The van der Waals surface area contributed by atoms with Crippen LogP contribution in [-0.4, -0.2) is 48.7 Å². The Morgan fingerprint density at radius 2 is 1.62 bits per heavy atom. The van der Waals surface area contributed by atoms with Crippen LogP contribution in [0.25, 0.3) is 0 Å². The van der Waals surface area contributed by atoms with Gasteiger partial charge in [-0.25, -0.2) is 4.98 Å². The third-order valence-corrected chi connectivity index (χ3v) is 6.95. The van der Waals surface area contributed by atoms with Crippen molar-refractivity contribution >= 4 is 84.7 Å². The SMILES string of the molecule is Nc1nnc(SCC(=O)Nc2nnc(SCC(=O)Nc3nccs3)s2)s1. The maximum absolute atomic E-state index is 11.9. The van der Waals surface area contributed by atoms with Gasteiger partial charge in [-0.1, -0.05) is 46.2 Å². The Hall–Kier alpha value is -1.81. The largest absolute Gasteiger partial charge is 0.374 e. The Labute approximate surface area is 167 Å². The second kappa shape index (κ2) is 9.22. The van der Waals surface area contributed by atoms with Crippen molar-refractivity contribution < 1.29 is 9.59 Å². The van der Waals surface area contributed by atoms with Crippen LogP contribution < -0.4 is 16.4 Å². The molecule has 3 aromatic rings. The quantitative estimate of drug-likeness (QED) is 0.346. The van der Waals surface area contributed by atoms with Gasteiger partial charge < -0.3 is 11.1 Å². The molecule has 0 unspecified atom stereocenters. The number of aromatic nitrogens is 5. The molecule has 15 heteroatoms. The number of nitrogen functional groups attached to an aromatic ring is 1. The summed E-state index contributed by atoms with van der Waals surface area (Å²) in [5.41, 5.74) is 5.48. The molecule has 0 bridgehead atoms. The van der Waals surface area contributed by atoms with Crippen molar-refractivity contribution in [3.63, 3.8) is 0 Å². The average molecular weight is 447 g/mol. The van der Waals surface area contributed by atoms with Gasteiger partial charge in [0.1, 0.15) is 0 Å². The fraction of sp³-hybridized carbons (Fsp3) is 0.182. The summed E-state index contributed by atoms with van der Waals surface area (Å²) in [7, 11) is 0. The summed E-state index contributed by atoms with van der Waals surface area (Å²) in [5, 5.41) is 23.7. The molecule has 2 amide bonds. The number of hydrogen-bond donors (Lipinski definition) is 3. The minimum atomic E-state index is -0.238. The van der Waals surface area contributed by atoms with Crippen molar-refractivity contribution in [2.24, 2.45) is 0 Å². The number of rotatable bonds is 8. The van der Waals surface area contributed by atoms with Gasteiger partial charge in [0.15, 0.2) is 13.8 Å². The molecule has 0 aromatic carbocycles. The normalized spacial score (nSPS) is 10.6. The lowest BCUT2D eigenvalue weighted by atomic mass is 10.7. The van der Waals surface area contributed by atoms with E-state index in [2.05, 4.69) is 36.0 Å². The molecule has 0 atom stereocenters. The molecule has 0 spiro atoms. The van der Waals surface area contributed by atoms with E-state index in [0.717, 1.165) is 0 Å². The molecule has 3 rings (SSSR count). The number of nitrogens with two attached hydrogens (primary N) is 1. The minimum absolute atomic E-state index is 0.160. The maximum Gasteiger partial charge on any atom is 0.236 e. The van der Waals surface area contributed by atoms with Crippen molar-refractivity contribution in [1.82, 2.24) is 25.4 Å². The molecule has 0 aliphatic heterocycles. The van der Waals surface area contributed by atoms with Gasteiger partial charge in [-0.15, -0.1) is 31.7 Å². The highest BCUT2D eigenvalue weighted by atomic mass is 32.2. The van der Waals surface area contributed by atoms with E-state index in [0.29, 0.717) is 24.1 Å². The molecule has 3 aromatic heterocycles. The molecule has 0 aliphatic carbocycles. The number of hydrogen-bond acceptors (Lipinski definition) is 13. The first kappa shape index (κ1) is 19.0. The molecule has 0 fully saturated rings. The summed E-state index contributed by atoms with van der Waals surface area (Å²) in [6.45, 7) is 0. The molecule has 0 aliphatic rings. The summed E-state index contributed by atoms with van der Waals surface area (Å²) < 4.78 is 1.21. The molecule has 0 saturated heterocycles. The zero-order valence-corrected chi connectivity index (χ0v) is 16.8. The monoisotopic (exact) mass is 446 g/mol. The van der Waals surface area contributed by atoms with E-state index in [-0.39, 0.29) is 23.3 Å². The molecule has 26 heavy (non-hydrogen) atoms. The molecular formula is C11H10N8O2S5. The number of anilines is 3. The van der Waals surface area contributed by atoms with Crippen LogP contribution in [0.4, 0.5) is 15.4 Å². The average Bonchev–Trinajstić information content (AvgIpc) is 3.34. The first-order valence-electron chi connectivity index (χ1n) is 6.76. The summed E-state index contributed by atoms with van der Waals surface area (Å²) in [6.07, 6.45) is 1.62. The number of nitrogens with zero attached hydrogens (tertiary/aromatic N) is 5. The topological polar surface area (TPSA) is 149 Å². The zero-order valence-electron chi connectivity index (χ0n) is 12.7. The van der Waals surface area contributed by atoms with E-state index in [4.69, 9.17) is 5.73 Å². The number of nitrogens with one attached hydrogen (secondary N) is 2. The first-order valence-corrected chi connectivity index (χ1v) is 11.2. The van der Waals surface area contributed by atoms with Crippen LogP contribution in [0.2, 0.25) is 0 Å². The Morgan fingerprint density at radius 3 is 2.23 bits per heavy atom. The Kier molecular flexibility index (Phi) is 6.73. The van der Waals surface area contributed by atoms with E-state index in [1.807, 2.05) is 0 Å². The van der Waals surface area contributed by atoms with Crippen molar-refractivity contribution in [1.29, 1.82) is 0 Å². The van der Waals surface area contributed by atoms with Crippen LogP contribution in [-0.2, 0) is 9.59 Å². The Bertz CT molecular complexity index is 879. The predicted octanol–water partition coefficient (Wildman–Crippen LogP) is 1.89. The fourth-order valence-electron chi connectivity index (χ4n) is 1.45. The van der Waals surface area contributed by atoms with Crippen LogP contribution >= 0.6 is 57.5 Å². The molecule has 0 saturated carbocycles. The number of amides is 2. The van der Waals surface area contributed by atoms with Gasteiger partial charge >= 0.3 is 0 Å². The fourth-order valence-corrected chi connectivity index (χ4v) is 5.00. The standard InChI is InChI=1S/C11H10N8O2S5/c12-7-16-18-10(25-7)23-4-6(21)15-9-17-19-11(26-9)24-3-5(20)14-8-13-1-2-22-8/h1-2H,3-4H2,(H2,12,16)(H,13,14,20)(H,15,17,21). The van der Waals surface area contributed by atoms with Gasteiger partial charge in [-0.3, -0.25) is 14.9 Å². The van der Waals surface area contributed by atoms with E-state index in [9.17, 15) is 9.59 Å². The number of thiazole rings is 1. The lowest BCUT2D eigenvalue weighted by Gasteiger charge is -1.99. The van der Waals surface area contributed by atoms with Gasteiger partial charge in [0.2, 0.25) is 22.1 Å². The lowest BCUT2D eigenvalue weighted by molar-refractivity contribution is -0.114. The van der Waals surface area contributed by atoms with Gasteiger partial charge in [-0.2, -0.15) is 0 Å². The van der Waals surface area contributed by atoms with Crippen molar-refractivity contribution in [2.45, 2.75) is 8.68 Å². The Morgan fingerprint density at radius 1 is 0.962 bits per heavy atom. The lowest BCUT2D eigenvalue weighted by Crippen LogP contribution is -2.13. The van der Waals surface area contributed by atoms with Crippen molar-refractivity contribution in [3.05, 3.63) is 11.6 Å². The van der Waals surface area contributed by atoms with Crippen LogP contribution in [0.5, 0.6) is 0 Å². The number of carbonyl (C=O) groups excluding carboxylic acids is 2. The highest BCUT2D eigenvalue weighted by Gasteiger charge is 2.12. The van der Waals surface area contributed by atoms with Crippen LogP contribution in [0.3, 0.4) is 0 Å². The number of thioether (sulfide) groups is 2. The first-order chi connectivity index (χ1) is 12.6. The second-order valence-corrected chi connectivity index (χ2v) is 9.62. The van der Waals surface area contributed by atoms with Crippen LogP contribution in [0.1, 0.15) is 0 Å². The maximum atomic E-state index is 11.9. The highest BCUT2D eigenvalue weighted by molar-refractivity contribution is 8.02. The van der Waals surface area contributed by atoms with Gasteiger partial charge in [0, 0.05) is 11.6 Å². The van der Waals surface area contributed by atoms with Gasteiger partial charge in [0.25, 0.3) is 0 Å². The molecule has 10 nitrogen and oxygen atoms in total. The van der Waals surface area contributed by atoms with Crippen molar-refractivity contribution in [2.75, 3.05) is 27.9 Å². The van der Waals surface area contributed by atoms with Gasteiger partial charge in [-0.05, 0) is 0 Å². The van der Waals surface area contributed by atoms with E-state index < -0.39 is 0 Å². The van der Waals surface area contributed by atoms with E-state index >= 15 is 0 Å². The number of carbonyl (C=O) groups is 2. The summed E-state index contributed by atoms with van der Waals surface area (Å²) in [4.78, 5) is 27.7. The molecule has 136 valence electrons. The third kappa shape index (κ3) is 5.87. The third-order valence-electron chi connectivity index (χ3n) is 2.41. The molecular weight excluding hydrogens is 437 g/mol. The smallest absolute Gasteiger partial charge is 0.236 e. The molecule has 3 heterocycles. The Balaban J connectivity index is 1.40. The highest BCUT2D eigenvalue weighted by Crippen LogP contribution is 2.27. The second-order valence-electron chi connectivity index (χ2n) is 4.29. The molecule has 0 radical (unpaired) electrons. The minimum Gasteiger partial charge on any atom is -0.374 e. The van der Waals surface area contributed by atoms with Gasteiger partial charge in [0.05, 0.1) is 11.5 Å². The van der Waals surface area contributed by atoms with Crippen LogP contribution in [0, 0.1) is 0 Å². The summed E-state index contributed by atoms with van der Waals surface area (Å²) >= 11 is 6.23. The summed E-state index contributed by atoms with van der Waals surface area (Å²) in [6, 6.07) is 0.